The number of hydrogen-bond acceptors (Lipinski definition) is 8. The molecule has 0 unspecified atom stereocenters. The van der Waals surface area contributed by atoms with Crippen LogP contribution >= 0.6 is 0 Å². The summed E-state index contributed by atoms with van der Waals surface area (Å²) in [5, 5.41) is 5.63. The van der Waals surface area contributed by atoms with E-state index in [1.165, 1.54) is 12.5 Å². The average molecular weight is 620 g/mol. The van der Waals surface area contributed by atoms with Gasteiger partial charge in [-0.05, 0) is 48.1 Å². The highest BCUT2D eigenvalue weighted by Crippen LogP contribution is 2.14. The molecule has 1 heterocycles. The molecular weight excluding hydrogens is 580 g/mol. The molecule has 0 aliphatic heterocycles. The zero-order valence-corrected chi connectivity index (χ0v) is 25.1. The van der Waals surface area contributed by atoms with Crippen LogP contribution < -0.4 is 16.4 Å². The number of ether oxygens (including phenoxy) is 1. The lowest BCUT2D eigenvalue weighted by atomic mass is 10.0. The highest BCUT2D eigenvalue weighted by molar-refractivity contribution is 7.91. The van der Waals surface area contributed by atoms with Crippen molar-refractivity contribution in [2.45, 2.75) is 64.3 Å². The van der Waals surface area contributed by atoms with Crippen LogP contribution in [0.25, 0.3) is 0 Å². The second kappa shape index (κ2) is 16.2. The number of aromatic nitrogens is 2. The fourth-order valence-corrected chi connectivity index (χ4v) is 6.07. The highest BCUT2D eigenvalue weighted by atomic mass is 32.2. The Morgan fingerprint density at radius 2 is 1.79 bits per heavy atom. The van der Waals surface area contributed by atoms with E-state index in [1.807, 2.05) is 38.1 Å². The van der Waals surface area contributed by atoms with Crippen LogP contribution in [0.15, 0.2) is 55.0 Å². The summed E-state index contributed by atoms with van der Waals surface area (Å²) in [6.07, 6.45) is 3.29. The molecule has 3 atom stereocenters. The van der Waals surface area contributed by atoms with Gasteiger partial charge in [0.15, 0.2) is 9.84 Å². The predicted molar refractivity (Wildman–Crippen MR) is 159 cm³/mol. The Labute approximate surface area is 250 Å². The standard InChI is InChI=1S/C30H39F2N5O5S/c1-3-5-9-43(40,41)18-27(37-29(38)26-16-35-19-36-26)30(39)42-28(17-34-15-21-8-6-7-20(4-2)10-21)25(33)13-22-11-23(31)14-24(32)12-22/h6-8,10-12,14,16,19,25,27-28,34H,3-5,9,13,15,17-18,33H2,1-2H3,(H,35,36)(H,37,38)/t25-,27+,28+/m0/s1. The summed E-state index contributed by atoms with van der Waals surface area (Å²) in [6.45, 7) is 4.34. The van der Waals surface area contributed by atoms with E-state index in [9.17, 15) is 26.8 Å². The van der Waals surface area contributed by atoms with Crippen molar-refractivity contribution in [2.24, 2.45) is 5.73 Å². The average Bonchev–Trinajstić information content (AvgIpc) is 3.50. The minimum atomic E-state index is -3.75. The summed E-state index contributed by atoms with van der Waals surface area (Å²) in [4.78, 5) is 32.6. The SMILES string of the molecule is CCCCS(=O)(=O)C[C@@H](NC(=O)c1cnc[nH]1)C(=O)O[C@H](CNCc1cccc(CC)c1)[C@@H](N)Cc1cc(F)cc(F)c1. The van der Waals surface area contributed by atoms with Crippen molar-refractivity contribution in [3.8, 4) is 0 Å². The number of aromatic amines is 1. The number of benzene rings is 2. The molecule has 234 valence electrons. The number of amides is 1. The first kappa shape index (κ1) is 33.8. The molecule has 0 spiro atoms. The molecule has 0 aliphatic rings. The molecule has 0 radical (unpaired) electrons. The maximum absolute atomic E-state index is 13.8. The van der Waals surface area contributed by atoms with Gasteiger partial charge in [0.05, 0.1) is 24.0 Å². The van der Waals surface area contributed by atoms with Crippen molar-refractivity contribution in [3.05, 3.63) is 89.0 Å². The van der Waals surface area contributed by atoms with E-state index in [4.69, 9.17) is 10.5 Å². The fourth-order valence-electron chi connectivity index (χ4n) is 4.45. The Bertz CT molecular complexity index is 1430. The van der Waals surface area contributed by atoms with Crippen LogP contribution in [0.3, 0.4) is 0 Å². The molecule has 1 aromatic heterocycles. The summed E-state index contributed by atoms with van der Waals surface area (Å²) < 4.78 is 59.0. The van der Waals surface area contributed by atoms with E-state index in [-0.39, 0.29) is 30.0 Å². The van der Waals surface area contributed by atoms with E-state index in [0.29, 0.717) is 19.4 Å². The molecule has 0 fully saturated rings. The number of nitrogens with two attached hydrogens (primary N) is 1. The van der Waals surface area contributed by atoms with E-state index in [1.54, 1.807) is 0 Å². The fraction of sp³-hybridized carbons (Fsp3) is 0.433. The van der Waals surface area contributed by atoms with E-state index < -0.39 is 57.3 Å². The molecule has 43 heavy (non-hydrogen) atoms. The first-order valence-electron chi connectivity index (χ1n) is 14.2. The van der Waals surface area contributed by atoms with Crippen molar-refractivity contribution >= 4 is 21.7 Å². The lowest BCUT2D eigenvalue weighted by Crippen LogP contribution is -2.52. The molecular formula is C30H39F2N5O5S. The zero-order valence-electron chi connectivity index (χ0n) is 24.3. The highest BCUT2D eigenvalue weighted by Gasteiger charge is 2.32. The number of esters is 1. The van der Waals surface area contributed by atoms with Crippen LogP contribution in [0.5, 0.6) is 0 Å². The number of H-pyrrole nitrogens is 1. The molecule has 0 aliphatic carbocycles. The second-order valence-corrected chi connectivity index (χ2v) is 12.6. The van der Waals surface area contributed by atoms with Crippen molar-refractivity contribution in [1.29, 1.82) is 0 Å². The molecule has 3 rings (SSSR count). The van der Waals surface area contributed by atoms with Gasteiger partial charge < -0.3 is 26.1 Å². The number of nitrogens with one attached hydrogen (secondary N) is 3. The molecule has 1 amide bonds. The summed E-state index contributed by atoms with van der Waals surface area (Å²) in [6, 6.07) is 8.46. The lowest BCUT2D eigenvalue weighted by molar-refractivity contribution is -0.151. The largest absolute Gasteiger partial charge is 0.458 e. The van der Waals surface area contributed by atoms with Gasteiger partial charge in [0.25, 0.3) is 5.91 Å². The van der Waals surface area contributed by atoms with Gasteiger partial charge in [0.1, 0.15) is 29.5 Å². The third-order valence-electron chi connectivity index (χ3n) is 6.78. The smallest absolute Gasteiger partial charge is 0.330 e. The van der Waals surface area contributed by atoms with Gasteiger partial charge in [0.2, 0.25) is 0 Å². The summed E-state index contributed by atoms with van der Waals surface area (Å²) in [7, 11) is -3.75. The van der Waals surface area contributed by atoms with E-state index >= 15 is 0 Å². The minimum absolute atomic E-state index is 0.0288. The maximum Gasteiger partial charge on any atom is 0.330 e. The Morgan fingerprint density at radius 1 is 1.07 bits per heavy atom. The first-order valence-corrected chi connectivity index (χ1v) is 16.0. The van der Waals surface area contributed by atoms with Gasteiger partial charge in [-0.2, -0.15) is 0 Å². The molecule has 0 bridgehead atoms. The van der Waals surface area contributed by atoms with Gasteiger partial charge >= 0.3 is 5.97 Å². The number of rotatable bonds is 17. The Balaban J connectivity index is 1.81. The van der Waals surface area contributed by atoms with E-state index in [2.05, 4.69) is 20.6 Å². The molecule has 10 nitrogen and oxygen atoms in total. The third-order valence-corrected chi connectivity index (χ3v) is 8.53. The maximum atomic E-state index is 13.8. The van der Waals surface area contributed by atoms with Gasteiger partial charge in [-0.3, -0.25) is 4.79 Å². The van der Waals surface area contributed by atoms with Gasteiger partial charge in [-0.15, -0.1) is 0 Å². The number of unbranched alkanes of at least 4 members (excludes halogenated alkanes) is 1. The molecule has 0 saturated heterocycles. The topological polar surface area (TPSA) is 156 Å². The van der Waals surface area contributed by atoms with E-state index in [0.717, 1.165) is 35.7 Å². The monoisotopic (exact) mass is 619 g/mol. The minimum Gasteiger partial charge on any atom is -0.458 e. The Hall–Kier alpha value is -3.68. The summed E-state index contributed by atoms with van der Waals surface area (Å²) in [5.74, 6) is -4.14. The number of halogens is 2. The van der Waals surface area contributed by atoms with Crippen LogP contribution in [0.1, 0.15) is 53.9 Å². The number of carbonyl (C=O) groups excluding carboxylic acids is 2. The molecule has 0 saturated carbocycles. The van der Waals surface area contributed by atoms with Crippen LogP contribution in [0, 0.1) is 11.6 Å². The zero-order chi connectivity index (χ0) is 31.4. The van der Waals surface area contributed by atoms with Gasteiger partial charge in [0, 0.05) is 25.2 Å². The van der Waals surface area contributed by atoms with Crippen LogP contribution in [0.2, 0.25) is 0 Å². The van der Waals surface area contributed by atoms with Crippen LogP contribution in [0.4, 0.5) is 8.78 Å². The van der Waals surface area contributed by atoms with Crippen molar-refractivity contribution in [3.63, 3.8) is 0 Å². The molecule has 13 heteroatoms. The van der Waals surface area contributed by atoms with Crippen molar-refractivity contribution in [1.82, 2.24) is 20.6 Å². The number of nitrogens with zero attached hydrogens (tertiary/aromatic N) is 1. The lowest BCUT2D eigenvalue weighted by Gasteiger charge is -2.27. The van der Waals surface area contributed by atoms with Crippen LogP contribution in [-0.2, 0) is 38.8 Å². The number of hydrogen-bond donors (Lipinski definition) is 4. The Morgan fingerprint density at radius 3 is 2.44 bits per heavy atom. The normalized spacial score (nSPS) is 13.7. The summed E-state index contributed by atoms with van der Waals surface area (Å²) in [5.41, 5.74) is 8.83. The molecule has 3 aromatic rings. The van der Waals surface area contributed by atoms with Crippen LogP contribution in [-0.4, -0.2) is 66.5 Å². The molecule has 2 aromatic carbocycles. The Kier molecular flexibility index (Phi) is 12.8. The molecule has 5 N–H and O–H groups in total. The van der Waals surface area contributed by atoms with Gasteiger partial charge in [-0.1, -0.05) is 44.5 Å². The first-order chi connectivity index (χ1) is 20.5. The number of carbonyl (C=O) groups is 2. The predicted octanol–water partition coefficient (Wildman–Crippen LogP) is 2.84. The number of imidazole rings is 1. The second-order valence-electron chi connectivity index (χ2n) is 10.4. The summed E-state index contributed by atoms with van der Waals surface area (Å²) >= 11 is 0. The van der Waals surface area contributed by atoms with Crippen molar-refractivity contribution < 1.29 is 31.5 Å². The number of sulfone groups is 1. The van der Waals surface area contributed by atoms with Gasteiger partial charge in [-0.25, -0.2) is 27.0 Å². The van der Waals surface area contributed by atoms with Crippen molar-refractivity contribution in [2.75, 3.05) is 18.1 Å². The third kappa shape index (κ3) is 11.2. The number of aryl methyl sites for hydroxylation is 1. The quantitative estimate of drug-likeness (QED) is 0.168.